The van der Waals surface area contributed by atoms with Crippen LogP contribution in [0.3, 0.4) is 0 Å². The highest BCUT2D eigenvalue weighted by atomic mass is 15.3. The third-order valence-corrected chi connectivity index (χ3v) is 5.02. The Morgan fingerprint density at radius 2 is 2.16 bits per heavy atom. The van der Waals surface area contributed by atoms with E-state index in [4.69, 9.17) is 5.73 Å². The Labute approximate surface area is 144 Å². The van der Waals surface area contributed by atoms with E-state index in [2.05, 4.69) is 35.9 Å². The quantitative estimate of drug-likeness (QED) is 0.501. The second-order valence-corrected chi connectivity index (χ2v) is 6.70. The zero-order valence-corrected chi connectivity index (χ0v) is 13.7. The van der Waals surface area contributed by atoms with E-state index < -0.39 is 0 Å². The van der Waals surface area contributed by atoms with Crippen LogP contribution in [-0.4, -0.2) is 30.6 Å². The number of hydrogen-bond donors (Lipinski definition) is 3. The number of anilines is 2. The van der Waals surface area contributed by atoms with Gasteiger partial charge in [0.05, 0.1) is 11.7 Å². The smallest absolute Gasteiger partial charge is 0.179 e. The molecule has 1 aliphatic rings. The minimum absolute atomic E-state index is 0.383. The maximum atomic E-state index is 5.87. The average Bonchev–Trinajstić information content (AvgIpc) is 3.32. The standard InChI is InChI=1S/C18H19N7/c19-12-2-1-3-13(9-12)22-14-5-4-11(8-14)18-24-23-16-10-21-17-15(25(16)18)6-7-20-17/h1-3,6-7,9-11,14,20,22H,4-5,8,19H2/t11-,14-/m1/s1. The van der Waals surface area contributed by atoms with Gasteiger partial charge in [0, 0.05) is 29.5 Å². The molecule has 4 N–H and O–H groups in total. The average molecular weight is 333 g/mol. The molecule has 0 unspecified atom stereocenters. The molecular formula is C18H19N7. The number of nitrogens with zero attached hydrogens (tertiary/aromatic N) is 4. The number of hydrogen-bond acceptors (Lipinski definition) is 5. The molecule has 1 aliphatic carbocycles. The number of H-pyrrole nitrogens is 1. The van der Waals surface area contributed by atoms with Crippen LogP contribution in [0.15, 0.2) is 42.7 Å². The molecule has 0 saturated heterocycles. The van der Waals surface area contributed by atoms with E-state index in [1.54, 1.807) is 6.20 Å². The lowest BCUT2D eigenvalue weighted by molar-refractivity contribution is 0.652. The molecule has 0 aliphatic heterocycles. The summed E-state index contributed by atoms with van der Waals surface area (Å²) in [6, 6.07) is 10.4. The van der Waals surface area contributed by atoms with E-state index in [9.17, 15) is 0 Å². The highest BCUT2D eigenvalue weighted by Crippen LogP contribution is 2.36. The molecule has 1 fully saturated rings. The molecular weight excluding hydrogens is 314 g/mol. The van der Waals surface area contributed by atoms with Crippen LogP contribution in [0.25, 0.3) is 16.8 Å². The first-order valence-electron chi connectivity index (χ1n) is 8.57. The van der Waals surface area contributed by atoms with Crippen molar-refractivity contribution in [2.24, 2.45) is 0 Å². The Morgan fingerprint density at radius 3 is 3.08 bits per heavy atom. The van der Waals surface area contributed by atoms with Gasteiger partial charge in [-0.25, -0.2) is 4.98 Å². The van der Waals surface area contributed by atoms with Crippen molar-refractivity contribution in [1.82, 2.24) is 24.6 Å². The van der Waals surface area contributed by atoms with Gasteiger partial charge in [-0.05, 0) is 43.5 Å². The van der Waals surface area contributed by atoms with Crippen LogP contribution in [0.2, 0.25) is 0 Å². The third kappa shape index (κ3) is 2.39. The molecule has 0 radical (unpaired) electrons. The first-order chi connectivity index (χ1) is 12.3. The lowest BCUT2D eigenvalue weighted by Gasteiger charge is -2.15. The summed E-state index contributed by atoms with van der Waals surface area (Å²) in [5.74, 6) is 1.41. The topological polar surface area (TPSA) is 96.9 Å². The van der Waals surface area contributed by atoms with Gasteiger partial charge >= 0.3 is 0 Å². The van der Waals surface area contributed by atoms with Crippen molar-refractivity contribution < 1.29 is 0 Å². The Balaban J connectivity index is 1.43. The van der Waals surface area contributed by atoms with Crippen LogP contribution in [-0.2, 0) is 0 Å². The second-order valence-electron chi connectivity index (χ2n) is 6.70. The Bertz CT molecular complexity index is 1050. The van der Waals surface area contributed by atoms with Gasteiger partial charge in [0.2, 0.25) is 0 Å². The predicted octanol–water partition coefficient (Wildman–Crippen LogP) is 2.94. The highest BCUT2D eigenvalue weighted by Gasteiger charge is 2.29. The van der Waals surface area contributed by atoms with Gasteiger partial charge in [-0.15, -0.1) is 10.2 Å². The maximum Gasteiger partial charge on any atom is 0.179 e. The van der Waals surface area contributed by atoms with Crippen molar-refractivity contribution >= 4 is 28.2 Å². The van der Waals surface area contributed by atoms with Crippen LogP contribution < -0.4 is 11.1 Å². The summed E-state index contributed by atoms with van der Waals surface area (Å²) in [7, 11) is 0. The predicted molar refractivity (Wildman–Crippen MR) is 97.5 cm³/mol. The molecule has 7 heteroatoms. The van der Waals surface area contributed by atoms with Crippen LogP contribution in [0.5, 0.6) is 0 Å². The number of nitrogen functional groups attached to an aromatic ring is 1. The molecule has 3 aromatic heterocycles. The molecule has 5 rings (SSSR count). The van der Waals surface area contributed by atoms with Crippen molar-refractivity contribution in [2.75, 3.05) is 11.1 Å². The summed E-state index contributed by atoms with van der Waals surface area (Å²) in [5.41, 5.74) is 10.4. The Kier molecular flexibility index (Phi) is 3.12. The van der Waals surface area contributed by atoms with E-state index in [0.29, 0.717) is 12.0 Å². The van der Waals surface area contributed by atoms with Crippen molar-refractivity contribution in [3.8, 4) is 0 Å². The molecule has 0 bridgehead atoms. The summed E-state index contributed by atoms with van der Waals surface area (Å²) >= 11 is 0. The van der Waals surface area contributed by atoms with Gasteiger partial charge in [0.1, 0.15) is 5.82 Å². The van der Waals surface area contributed by atoms with E-state index >= 15 is 0 Å². The van der Waals surface area contributed by atoms with Crippen molar-refractivity contribution in [3.05, 3.63) is 48.5 Å². The lowest BCUT2D eigenvalue weighted by atomic mass is 10.1. The zero-order valence-electron chi connectivity index (χ0n) is 13.7. The van der Waals surface area contributed by atoms with Crippen molar-refractivity contribution in [2.45, 2.75) is 31.2 Å². The van der Waals surface area contributed by atoms with E-state index in [1.807, 2.05) is 30.5 Å². The number of benzene rings is 1. The molecule has 7 nitrogen and oxygen atoms in total. The number of aromatic nitrogens is 5. The molecule has 1 saturated carbocycles. The summed E-state index contributed by atoms with van der Waals surface area (Å²) in [4.78, 5) is 7.54. The fourth-order valence-corrected chi connectivity index (χ4v) is 3.87. The first kappa shape index (κ1) is 14.3. The molecule has 126 valence electrons. The molecule has 2 atom stereocenters. The normalized spacial score (nSPS) is 20.5. The molecule has 1 aromatic carbocycles. The molecule has 0 spiro atoms. The van der Waals surface area contributed by atoms with E-state index in [1.165, 1.54) is 0 Å². The van der Waals surface area contributed by atoms with Gasteiger partial charge in [-0.1, -0.05) is 6.07 Å². The summed E-state index contributed by atoms with van der Waals surface area (Å²) in [6.07, 6.45) is 6.90. The number of aromatic amines is 1. The first-order valence-corrected chi connectivity index (χ1v) is 8.57. The molecule has 4 aromatic rings. The van der Waals surface area contributed by atoms with Crippen LogP contribution >= 0.6 is 0 Å². The third-order valence-electron chi connectivity index (χ3n) is 5.02. The van der Waals surface area contributed by atoms with Crippen molar-refractivity contribution in [1.29, 1.82) is 0 Å². The largest absolute Gasteiger partial charge is 0.399 e. The van der Waals surface area contributed by atoms with Crippen molar-refractivity contribution in [3.63, 3.8) is 0 Å². The van der Waals surface area contributed by atoms with E-state index in [-0.39, 0.29) is 0 Å². The van der Waals surface area contributed by atoms with Gasteiger partial charge in [0.15, 0.2) is 11.3 Å². The zero-order chi connectivity index (χ0) is 16.8. The summed E-state index contributed by atoms with van der Waals surface area (Å²) in [5, 5.41) is 12.4. The van der Waals surface area contributed by atoms with Gasteiger partial charge in [-0.2, -0.15) is 0 Å². The SMILES string of the molecule is Nc1cccc(N[C@@H]2CC[C@@H](c3nnc4cnc5[nH]ccc5n34)C2)c1. The number of rotatable bonds is 3. The maximum absolute atomic E-state index is 5.87. The second kappa shape index (κ2) is 5.47. The van der Waals surface area contributed by atoms with Crippen LogP contribution in [0.1, 0.15) is 31.0 Å². The molecule has 0 amide bonds. The summed E-state index contributed by atoms with van der Waals surface area (Å²) in [6.45, 7) is 0. The Hall–Kier alpha value is -3.09. The number of nitrogens with one attached hydrogen (secondary N) is 2. The van der Waals surface area contributed by atoms with Crippen LogP contribution in [0.4, 0.5) is 11.4 Å². The lowest BCUT2D eigenvalue weighted by Crippen LogP contribution is -2.15. The van der Waals surface area contributed by atoms with Crippen LogP contribution in [0, 0.1) is 0 Å². The number of nitrogens with two attached hydrogens (primary N) is 1. The summed E-state index contributed by atoms with van der Waals surface area (Å²) < 4.78 is 2.13. The fourth-order valence-electron chi connectivity index (χ4n) is 3.87. The fraction of sp³-hybridized carbons (Fsp3) is 0.278. The number of fused-ring (bicyclic) bond motifs is 3. The molecule has 25 heavy (non-hydrogen) atoms. The minimum Gasteiger partial charge on any atom is -0.399 e. The van der Waals surface area contributed by atoms with Gasteiger partial charge < -0.3 is 16.0 Å². The Morgan fingerprint density at radius 1 is 1.20 bits per heavy atom. The van der Waals surface area contributed by atoms with Gasteiger partial charge in [-0.3, -0.25) is 4.40 Å². The minimum atomic E-state index is 0.383. The molecule has 3 heterocycles. The monoisotopic (exact) mass is 333 g/mol. The van der Waals surface area contributed by atoms with E-state index in [0.717, 1.165) is 53.3 Å². The van der Waals surface area contributed by atoms with Gasteiger partial charge in [0.25, 0.3) is 0 Å². The highest BCUT2D eigenvalue weighted by molar-refractivity contribution is 5.74.